The van der Waals surface area contributed by atoms with E-state index in [0.717, 1.165) is 96.3 Å². The Morgan fingerprint density at radius 1 is 0.561 bits per heavy atom. The summed E-state index contributed by atoms with van der Waals surface area (Å²) in [6, 6.07) is -0.846. The minimum absolute atomic E-state index is 0.0572. The maximum atomic E-state index is 12.9. The molecule has 1 rings (SSSR count). The van der Waals surface area contributed by atoms with Gasteiger partial charge in [0.25, 0.3) is 0 Å². The number of nitrogens with one attached hydrogen (secondary N) is 1. The molecular formula is C55H97NO10. The molecule has 1 saturated heterocycles. The number of rotatable bonds is 44. The number of allylic oxidation sites excluding steroid dienone is 9. The summed E-state index contributed by atoms with van der Waals surface area (Å²) in [5.74, 6) is -0.280. The zero-order valence-corrected chi connectivity index (χ0v) is 41.6. The standard InChI is InChI=1S/C55H97NO10/c1-3-5-7-9-11-13-14-15-16-17-18-19-23-27-31-35-39-43-51(60)64-44-40-36-32-28-24-21-20-22-26-30-34-38-42-50(59)56-47(48(58)41-37-33-29-25-12-10-8-6-4-2)46-65-55-54(63)53(62)52(61)49(45-57)66-55/h11-13,15-16,21,24-25,37,41,47-49,52-55,57-58,61-63H,3-10,14,17-20,22-23,26-36,38-40,42-46H2,1-2H3,(H,56,59)/b13-11-,16-15-,24-21-,25-12+,41-37+. The Kier molecular flexibility index (Phi) is 41.7. The second-order valence-corrected chi connectivity index (χ2v) is 18.2. The van der Waals surface area contributed by atoms with Crippen molar-refractivity contribution in [3.8, 4) is 0 Å². The average molecular weight is 932 g/mol. The van der Waals surface area contributed by atoms with E-state index in [1.54, 1.807) is 6.08 Å². The summed E-state index contributed by atoms with van der Waals surface area (Å²) in [7, 11) is 0. The molecule has 66 heavy (non-hydrogen) atoms. The van der Waals surface area contributed by atoms with E-state index in [9.17, 15) is 35.1 Å². The number of hydrogen-bond acceptors (Lipinski definition) is 10. The second-order valence-electron chi connectivity index (χ2n) is 18.2. The molecule has 0 aromatic rings. The number of carbonyl (C=O) groups excluding carboxylic acids is 2. The highest BCUT2D eigenvalue weighted by atomic mass is 16.7. The topological polar surface area (TPSA) is 175 Å². The van der Waals surface area contributed by atoms with Crippen LogP contribution in [-0.2, 0) is 23.8 Å². The predicted octanol–water partition coefficient (Wildman–Crippen LogP) is 11.1. The molecule has 0 spiro atoms. The number of aliphatic hydroxyl groups is 5. The third-order valence-electron chi connectivity index (χ3n) is 12.1. The normalized spacial score (nSPS) is 20.1. The van der Waals surface area contributed by atoms with Crippen molar-refractivity contribution in [1.82, 2.24) is 5.32 Å². The number of unbranched alkanes of at least 4 members (excludes halogenated alkanes) is 22. The summed E-state index contributed by atoms with van der Waals surface area (Å²) in [5, 5.41) is 54.0. The number of amides is 1. The molecule has 0 aliphatic carbocycles. The second kappa shape index (κ2) is 44.8. The number of aliphatic hydroxyl groups excluding tert-OH is 5. The Balaban J connectivity index is 2.13. The molecule has 6 N–H and O–H groups in total. The van der Waals surface area contributed by atoms with Crippen molar-refractivity contribution in [3.63, 3.8) is 0 Å². The Morgan fingerprint density at radius 3 is 1.59 bits per heavy atom. The molecule has 11 heteroatoms. The SMILES string of the molecule is CCCCC/C=C\C/C=C\CCCCCCCCCC(=O)OCCCCC/C=C\CCCCCCCC(=O)NC(COC1OC(CO)C(O)C(O)C1O)C(O)/C=C/CC/C=C/CCCCC. The minimum Gasteiger partial charge on any atom is -0.466 e. The summed E-state index contributed by atoms with van der Waals surface area (Å²) < 4.78 is 16.6. The van der Waals surface area contributed by atoms with E-state index in [-0.39, 0.29) is 18.5 Å². The van der Waals surface area contributed by atoms with Crippen molar-refractivity contribution in [2.75, 3.05) is 19.8 Å². The highest BCUT2D eigenvalue weighted by Gasteiger charge is 2.44. The molecule has 7 unspecified atom stereocenters. The molecule has 1 aliphatic heterocycles. The van der Waals surface area contributed by atoms with Crippen LogP contribution in [0.2, 0.25) is 0 Å². The fourth-order valence-electron chi connectivity index (χ4n) is 7.77. The van der Waals surface area contributed by atoms with Gasteiger partial charge in [-0.2, -0.15) is 0 Å². The van der Waals surface area contributed by atoms with Crippen molar-refractivity contribution in [2.24, 2.45) is 0 Å². The summed E-state index contributed by atoms with van der Waals surface area (Å²) in [4.78, 5) is 25.0. The lowest BCUT2D eigenvalue weighted by Gasteiger charge is -2.40. The summed E-state index contributed by atoms with van der Waals surface area (Å²) >= 11 is 0. The molecule has 1 heterocycles. The van der Waals surface area contributed by atoms with Crippen LogP contribution in [0, 0.1) is 0 Å². The molecule has 1 aliphatic rings. The zero-order valence-electron chi connectivity index (χ0n) is 41.6. The van der Waals surface area contributed by atoms with Gasteiger partial charge < -0.3 is 45.1 Å². The van der Waals surface area contributed by atoms with Gasteiger partial charge in [-0.25, -0.2) is 0 Å². The van der Waals surface area contributed by atoms with E-state index < -0.39 is 49.5 Å². The molecule has 0 radical (unpaired) electrons. The maximum absolute atomic E-state index is 12.9. The highest BCUT2D eigenvalue weighted by Crippen LogP contribution is 2.22. The molecule has 382 valence electrons. The lowest BCUT2D eigenvalue weighted by molar-refractivity contribution is -0.302. The van der Waals surface area contributed by atoms with Crippen LogP contribution in [0.25, 0.3) is 0 Å². The first-order chi connectivity index (χ1) is 32.2. The highest BCUT2D eigenvalue weighted by molar-refractivity contribution is 5.76. The monoisotopic (exact) mass is 932 g/mol. The Labute approximate surface area is 401 Å². The largest absolute Gasteiger partial charge is 0.466 e. The van der Waals surface area contributed by atoms with Crippen molar-refractivity contribution in [2.45, 2.75) is 256 Å². The lowest BCUT2D eigenvalue weighted by Crippen LogP contribution is -2.60. The first kappa shape index (κ1) is 61.4. The van der Waals surface area contributed by atoms with Gasteiger partial charge in [0.2, 0.25) is 5.91 Å². The van der Waals surface area contributed by atoms with Crippen LogP contribution in [-0.4, -0.2) is 100 Å². The van der Waals surface area contributed by atoms with Gasteiger partial charge in [0, 0.05) is 12.8 Å². The molecule has 0 saturated carbocycles. The minimum atomic E-state index is -1.59. The van der Waals surface area contributed by atoms with Gasteiger partial charge >= 0.3 is 5.97 Å². The van der Waals surface area contributed by atoms with Crippen molar-refractivity contribution >= 4 is 11.9 Å². The van der Waals surface area contributed by atoms with Crippen molar-refractivity contribution < 1.29 is 49.3 Å². The molecule has 0 bridgehead atoms. The van der Waals surface area contributed by atoms with E-state index in [4.69, 9.17) is 14.2 Å². The number of carbonyl (C=O) groups is 2. The summed E-state index contributed by atoms with van der Waals surface area (Å²) in [6.45, 7) is 4.14. The van der Waals surface area contributed by atoms with Crippen LogP contribution in [0.5, 0.6) is 0 Å². The van der Waals surface area contributed by atoms with Crippen LogP contribution in [0.1, 0.15) is 213 Å². The fourth-order valence-corrected chi connectivity index (χ4v) is 7.77. The zero-order chi connectivity index (χ0) is 48.1. The Hall–Kier alpha value is -2.64. The molecular weight excluding hydrogens is 835 g/mol. The van der Waals surface area contributed by atoms with E-state index in [1.165, 1.54) is 83.5 Å². The van der Waals surface area contributed by atoms with Crippen LogP contribution < -0.4 is 5.32 Å². The Morgan fingerprint density at radius 2 is 1.03 bits per heavy atom. The van der Waals surface area contributed by atoms with Gasteiger partial charge in [-0.15, -0.1) is 0 Å². The molecule has 1 fully saturated rings. The van der Waals surface area contributed by atoms with Gasteiger partial charge in [0.15, 0.2) is 6.29 Å². The number of esters is 1. The van der Waals surface area contributed by atoms with Crippen LogP contribution in [0.4, 0.5) is 0 Å². The third kappa shape index (κ3) is 34.6. The number of hydrogen-bond donors (Lipinski definition) is 6. The molecule has 11 nitrogen and oxygen atoms in total. The van der Waals surface area contributed by atoms with Crippen LogP contribution in [0.15, 0.2) is 60.8 Å². The third-order valence-corrected chi connectivity index (χ3v) is 12.1. The van der Waals surface area contributed by atoms with Gasteiger partial charge in [0.1, 0.15) is 24.4 Å². The van der Waals surface area contributed by atoms with E-state index in [0.29, 0.717) is 25.9 Å². The summed E-state index contributed by atoms with van der Waals surface area (Å²) in [5.41, 5.74) is 0. The van der Waals surface area contributed by atoms with Crippen LogP contribution >= 0.6 is 0 Å². The molecule has 7 atom stereocenters. The lowest BCUT2D eigenvalue weighted by atomic mass is 9.99. The van der Waals surface area contributed by atoms with E-state index in [2.05, 4.69) is 67.8 Å². The Bertz CT molecular complexity index is 1280. The first-order valence-corrected chi connectivity index (χ1v) is 26.6. The first-order valence-electron chi connectivity index (χ1n) is 26.6. The fraction of sp³-hybridized carbons (Fsp3) is 0.782. The maximum Gasteiger partial charge on any atom is 0.305 e. The van der Waals surface area contributed by atoms with Crippen LogP contribution in [0.3, 0.4) is 0 Å². The smallest absolute Gasteiger partial charge is 0.305 e. The van der Waals surface area contributed by atoms with Crippen molar-refractivity contribution in [3.05, 3.63) is 60.8 Å². The predicted molar refractivity (Wildman–Crippen MR) is 269 cm³/mol. The van der Waals surface area contributed by atoms with Gasteiger partial charge in [-0.05, 0) is 109 Å². The molecule has 1 amide bonds. The van der Waals surface area contributed by atoms with Gasteiger partial charge in [0.05, 0.1) is 32.0 Å². The van der Waals surface area contributed by atoms with E-state index in [1.807, 2.05) is 6.08 Å². The summed E-state index contributed by atoms with van der Waals surface area (Å²) in [6.07, 6.45) is 46.0. The van der Waals surface area contributed by atoms with E-state index >= 15 is 0 Å². The quantitative estimate of drug-likeness (QED) is 0.0196. The van der Waals surface area contributed by atoms with Gasteiger partial charge in [-0.1, -0.05) is 152 Å². The number of ether oxygens (including phenoxy) is 3. The average Bonchev–Trinajstić information content (AvgIpc) is 3.31. The van der Waals surface area contributed by atoms with Crippen molar-refractivity contribution in [1.29, 1.82) is 0 Å². The molecule has 0 aromatic carbocycles. The van der Waals surface area contributed by atoms with Gasteiger partial charge in [-0.3, -0.25) is 9.59 Å². The molecule has 0 aromatic heterocycles.